The largest absolute Gasteiger partial charge is 0.481 e. The van der Waals surface area contributed by atoms with Gasteiger partial charge in [-0.3, -0.25) is 9.78 Å². The summed E-state index contributed by atoms with van der Waals surface area (Å²) in [5, 5.41) is 11.4. The number of aryl methyl sites for hydroxylation is 2. The number of aromatic nitrogens is 2. The van der Waals surface area contributed by atoms with E-state index in [4.69, 9.17) is 5.11 Å². The molecular formula is C12H12N2O2S. The van der Waals surface area contributed by atoms with Crippen LogP contribution in [0.4, 0.5) is 0 Å². The van der Waals surface area contributed by atoms with Gasteiger partial charge in [0, 0.05) is 18.0 Å². The lowest BCUT2D eigenvalue weighted by atomic mass is 10.2. The van der Waals surface area contributed by atoms with Crippen molar-refractivity contribution >= 4 is 17.3 Å². The minimum Gasteiger partial charge on any atom is -0.481 e. The maximum atomic E-state index is 10.5. The van der Waals surface area contributed by atoms with Gasteiger partial charge in [0.1, 0.15) is 10.7 Å². The number of carbonyl (C=O) groups is 1. The van der Waals surface area contributed by atoms with Gasteiger partial charge in [0.15, 0.2) is 0 Å². The Morgan fingerprint density at radius 3 is 3.06 bits per heavy atom. The molecule has 0 amide bonds. The normalized spacial score (nSPS) is 10.4. The predicted molar refractivity (Wildman–Crippen MR) is 66.0 cm³/mol. The molecule has 2 aromatic heterocycles. The number of rotatable bonds is 4. The van der Waals surface area contributed by atoms with E-state index in [9.17, 15) is 4.79 Å². The molecule has 0 unspecified atom stereocenters. The smallest absolute Gasteiger partial charge is 0.303 e. The molecular weight excluding hydrogens is 236 g/mol. The Bertz CT molecular complexity index is 537. The summed E-state index contributed by atoms with van der Waals surface area (Å²) in [7, 11) is 0. The number of hydrogen-bond donors (Lipinski definition) is 1. The summed E-state index contributed by atoms with van der Waals surface area (Å²) in [6, 6.07) is 3.87. The van der Waals surface area contributed by atoms with Crippen LogP contribution < -0.4 is 0 Å². The molecule has 2 aromatic rings. The van der Waals surface area contributed by atoms with Gasteiger partial charge in [-0.1, -0.05) is 6.07 Å². The zero-order valence-corrected chi connectivity index (χ0v) is 10.2. The quantitative estimate of drug-likeness (QED) is 0.903. The van der Waals surface area contributed by atoms with Gasteiger partial charge in [0.25, 0.3) is 0 Å². The monoisotopic (exact) mass is 248 g/mol. The fraction of sp³-hybridized carbons (Fsp3) is 0.250. The first-order chi connectivity index (χ1) is 8.16. The van der Waals surface area contributed by atoms with Crippen LogP contribution in [0.5, 0.6) is 0 Å². The molecule has 88 valence electrons. The number of nitrogens with zero attached hydrogens (tertiary/aromatic N) is 2. The van der Waals surface area contributed by atoms with Crippen LogP contribution in [-0.4, -0.2) is 21.0 Å². The highest BCUT2D eigenvalue weighted by Gasteiger charge is 2.09. The molecule has 0 atom stereocenters. The van der Waals surface area contributed by atoms with Crippen LogP contribution in [0, 0.1) is 6.92 Å². The van der Waals surface area contributed by atoms with Crippen molar-refractivity contribution in [2.45, 2.75) is 19.8 Å². The van der Waals surface area contributed by atoms with Gasteiger partial charge in [0.2, 0.25) is 0 Å². The van der Waals surface area contributed by atoms with Gasteiger partial charge in [-0.15, -0.1) is 11.3 Å². The van der Waals surface area contributed by atoms with Crippen LogP contribution in [0.15, 0.2) is 23.7 Å². The third-order valence-electron chi connectivity index (χ3n) is 2.36. The van der Waals surface area contributed by atoms with Crippen molar-refractivity contribution in [1.82, 2.24) is 9.97 Å². The summed E-state index contributed by atoms with van der Waals surface area (Å²) >= 11 is 1.50. The van der Waals surface area contributed by atoms with Crippen LogP contribution in [0.2, 0.25) is 0 Å². The van der Waals surface area contributed by atoms with E-state index >= 15 is 0 Å². The van der Waals surface area contributed by atoms with E-state index in [1.54, 1.807) is 6.20 Å². The zero-order chi connectivity index (χ0) is 12.3. The fourth-order valence-corrected chi connectivity index (χ4v) is 2.39. The van der Waals surface area contributed by atoms with Crippen LogP contribution in [0.25, 0.3) is 10.7 Å². The summed E-state index contributed by atoms with van der Waals surface area (Å²) in [5.74, 6) is -0.798. The Hall–Kier alpha value is -1.75. The van der Waals surface area contributed by atoms with Crippen LogP contribution in [0.3, 0.4) is 0 Å². The van der Waals surface area contributed by atoms with Crippen molar-refractivity contribution < 1.29 is 9.90 Å². The number of aliphatic carboxylic acids is 1. The van der Waals surface area contributed by atoms with Crippen molar-refractivity contribution in [2.24, 2.45) is 0 Å². The fourth-order valence-electron chi connectivity index (χ4n) is 1.48. The van der Waals surface area contributed by atoms with E-state index in [0.717, 1.165) is 22.0 Å². The molecule has 0 aliphatic carbocycles. The van der Waals surface area contributed by atoms with E-state index in [-0.39, 0.29) is 6.42 Å². The second kappa shape index (κ2) is 5.05. The lowest BCUT2D eigenvalue weighted by Gasteiger charge is -1.99. The minimum atomic E-state index is -0.798. The molecule has 0 aliphatic rings. The highest BCUT2D eigenvalue weighted by atomic mass is 32.1. The molecule has 0 saturated carbocycles. The molecule has 2 rings (SSSR count). The predicted octanol–water partition coefficient (Wildman–Crippen LogP) is 2.53. The Morgan fingerprint density at radius 1 is 1.53 bits per heavy atom. The third kappa shape index (κ3) is 2.88. The molecule has 4 nitrogen and oxygen atoms in total. The summed E-state index contributed by atoms with van der Waals surface area (Å²) in [6.45, 7) is 1.99. The first-order valence-corrected chi connectivity index (χ1v) is 6.13. The summed E-state index contributed by atoms with van der Waals surface area (Å²) in [5.41, 5.74) is 2.77. The highest BCUT2D eigenvalue weighted by molar-refractivity contribution is 7.13. The lowest BCUT2D eigenvalue weighted by molar-refractivity contribution is -0.136. The van der Waals surface area contributed by atoms with Gasteiger partial charge in [-0.25, -0.2) is 4.98 Å². The molecule has 1 N–H and O–H groups in total. The summed E-state index contributed by atoms with van der Waals surface area (Å²) < 4.78 is 0. The average molecular weight is 248 g/mol. The SMILES string of the molecule is Cc1cccnc1-c1nc(CCC(=O)O)cs1. The Morgan fingerprint density at radius 2 is 2.35 bits per heavy atom. The average Bonchev–Trinajstić information content (AvgIpc) is 2.75. The first kappa shape index (κ1) is 11.7. The molecule has 5 heteroatoms. The number of carboxylic acids is 1. The number of hydrogen-bond acceptors (Lipinski definition) is 4. The van der Waals surface area contributed by atoms with Crippen molar-refractivity contribution in [3.63, 3.8) is 0 Å². The van der Waals surface area contributed by atoms with Gasteiger partial charge in [-0.05, 0) is 18.6 Å². The standard InChI is InChI=1S/C12H12N2O2S/c1-8-3-2-6-13-11(8)12-14-9(7-17-12)4-5-10(15)16/h2-3,6-7H,4-5H2,1H3,(H,15,16). The zero-order valence-electron chi connectivity index (χ0n) is 9.38. The van der Waals surface area contributed by atoms with E-state index < -0.39 is 5.97 Å². The molecule has 17 heavy (non-hydrogen) atoms. The van der Waals surface area contributed by atoms with Crippen LogP contribution in [-0.2, 0) is 11.2 Å². The van der Waals surface area contributed by atoms with Gasteiger partial charge in [0.05, 0.1) is 12.1 Å². The number of pyridine rings is 1. The van der Waals surface area contributed by atoms with Crippen molar-refractivity contribution in [2.75, 3.05) is 0 Å². The topological polar surface area (TPSA) is 63.1 Å². The Balaban J connectivity index is 2.18. The van der Waals surface area contributed by atoms with E-state index in [1.165, 1.54) is 11.3 Å². The Labute approximate surface area is 103 Å². The van der Waals surface area contributed by atoms with E-state index in [1.807, 2.05) is 24.4 Å². The van der Waals surface area contributed by atoms with Crippen LogP contribution >= 0.6 is 11.3 Å². The molecule has 0 saturated heterocycles. The second-order valence-corrected chi connectivity index (χ2v) is 4.56. The number of thiazole rings is 1. The summed E-state index contributed by atoms with van der Waals surface area (Å²) in [4.78, 5) is 19.2. The van der Waals surface area contributed by atoms with Crippen molar-refractivity contribution in [3.8, 4) is 10.7 Å². The van der Waals surface area contributed by atoms with Gasteiger partial charge < -0.3 is 5.11 Å². The highest BCUT2D eigenvalue weighted by Crippen LogP contribution is 2.24. The lowest BCUT2D eigenvalue weighted by Crippen LogP contribution is -1.97. The number of carboxylic acid groups (broad SMARTS) is 1. The minimum absolute atomic E-state index is 0.115. The Kier molecular flexibility index (Phi) is 3.49. The second-order valence-electron chi connectivity index (χ2n) is 3.71. The molecule has 0 bridgehead atoms. The maximum absolute atomic E-state index is 10.5. The van der Waals surface area contributed by atoms with Crippen molar-refractivity contribution in [3.05, 3.63) is 35.0 Å². The van der Waals surface area contributed by atoms with E-state index in [0.29, 0.717) is 6.42 Å². The third-order valence-corrected chi connectivity index (χ3v) is 3.26. The summed E-state index contributed by atoms with van der Waals surface area (Å²) in [6.07, 6.45) is 2.32. The first-order valence-electron chi connectivity index (χ1n) is 5.25. The van der Waals surface area contributed by atoms with Crippen molar-refractivity contribution in [1.29, 1.82) is 0 Å². The molecule has 0 spiro atoms. The van der Waals surface area contributed by atoms with E-state index in [2.05, 4.69) is 9.97 Å². The molecule has 0 aromatic carbocycles. The van der Waals surface area contributed by atoms with Crippen LogP contribution in [0.1, 0.15) is 17.7 Å². The maximum Gasteiger partial charge on any atom is 0.303 e. The molecule has 0 radical (unpaired) electrons. The van der Waals surface area contributed by atoms with Gasteiger partial charge >= 0.3 is 5.97 Å². The molecule has 0 fully saturated rings. The van der Waals surface area contributed by atoms with Gasteiger partial charge in [-0.2, -0.15) is 0 Å². The molecule has 0 aliphatic heterocycles. The molecule has 2 heterocycles.